The van der Waals surface area contributed by atoms with E-state index in [1.165, 1.54) is 12.1 Å². The first kappa shape index (κ1) is 25.7. The molecule has 3 N–H and O–H groups in total. The topological polar surface area (TPSA) is 73.5 Å². The van der Waals surface area contributed by atoms with Crippen LogP contribution in [0.4, 0.5) is 8.78 Å². The molecule has 0 aromatic heterocycles. The lowest BCUT2D eigenvalue weighted by Gasteiger charge is -2.25. The number of fused-ring (bicyclic) bond motifs is 1. The summed E-state index contributed by atoms with van der Waals surface area (Å²) in [7, 11) is 1.86. The van der Waals surface area contributed by atoms with Gasteiger partial charge in [-0.3, -0.25) is 9.59 Å². The Hall–Kier alpha value is -3.36. The van der Waals surface area contributed by atoms with Gasteiger partial charge in [0.05, 0.1) is 6.04 Å². The Bertz CT molecular complexity index is 1200. The number of amides is 2. The van der Waals surface area contributed by atoms with Crippen molar-refractivity contribution in [2.24, 2.45) is 0 Å². The van der Waals surface area contributed by atoms with Gasteiger partial charge in [0, 0.05) is 37.3 Å². The number of nitrogens with one attached hydrogen (secondary N) is 3. The molecular formula is C28H32F2N4O2. The maximum Gasteiger partial charge on any atom is 0.251 e. The van der Waals surface area contributed by atoms with Gasteiger partial charge in [0.25, 0.3) is 5.91 Å². The normalized spacial score (nSPS) is 18.3. The number of carbonyl (C=O) groups excluding carboxylic acids is 2. The van der Waals surface area contributed by atoms with Gasteiger partial charge >= 0.3 is 0 Å². The van der Waals surface area contributed by atoms with Crippen LogP contribution in [0.5, 0.6) is 0 Å². The highest BCUT2D eigenvalue weighted by Gasteiger charge is 2.30. The number of hydrogen-bond donors (Lipinski definition) is 3. The fraction of sp³-hybridized carbons (Fsp3) is 0.357. The van der Waals surface area contributed by atoms with Crippen molar-refractivity contribution in [3.05, 3.63) is 83.4 Å². The zero-order valence-electron chi connectivity index (χ0n) is 20.4. The van der Waals surface area contributed by atoms with Gasteiger partial charge in [-0.15, -0.1) is 0 Å². The molecule has 1 saturated heterocycles. The monoisotopic (exact) mass is 494 g/mol. The minimum Gasteiger partial charge on any atom is -0.350 e. The largest absolute Gasteiger partial charge is 0.350 e. The third-order valence-electron chi connectivity index (χ3n) is 6.53. The molecule has 2 unspecified atom stereocenters. The Morgan fingerprint density at radius 3 is 2.56 bits per heavy atom. The molecule has 1 aliphatic rings. The van der Waals surface area contributed by atoms with Gasteiger partial charge in [0.2, 0.25) is 5.91 Å². The summed E-state index contributed by atoms with van der Waals surface area (Å²) in [5.74, 6) is -1.59. The standard InChI is InChI=1S/C28H32F2N4O2/c1-31-11-4-7-26-28(36)34(18-19-13-23(29)16-24(30)14-19)12-10-25(33-26)17-32-27(35)22-9-8-20-5-2-3-6-21(20)15-22/h2-3,5-6,8-9,13-16,25-26,31,33H,4,7,10-12,17-18H2,1H3,(H,32,35). The van der Waals surface area contributed by atoms with Crippen LogP contribution in [0.1, 0.15) is 35.2 Å². The zero-order chi connectivity index (χ0) is 25.5. The molecule has 1 heterocycles. The third-order valence-corrected chi connectivity index (χ3v) is 6.53. The molecule has 36 heavy (non-hydrogen) atoms. The number of halogens is 2. The van der Waals surface area contributed by atoms with Gasteiger partial charge in [0.15, 0.2) is 0 Å². The molecule has 6 nitrogen and oxygen atoms in total. The van der Waals surface area contributed by atoms with E-state index >= 15 is 0 Å². The lowest BCUT2D eigenvalue weighted by Crippen LogP contribution is -2.48. The van der Waals surface area contributed by atoms with Crippen molar-refractivity contribution in [2.45, 2.75) is 37.9 Å². The Morgan fingerprint density at radius 2 is 1.81 bits per heavy atom. The molecule has 0 bridgehead atoms. The molecular weight excluding hydrogens is 462 g/mol. The molecule has 0 radical (unpaired) electrons. The predicted octanol–water partition coefficient (Wildman–Crippen LogP) is 3.61. The van der Waals surface area contributed by atoms with Crippen LogP contribution in [0.25, 0.3) is 10.8 Å². The molecule has 8 heteroatoms. The van der Waals surface area contributed by atoms with Gasteiger partial charge in [-0.2, -0.15) is 0 Å². The van der Waals surface area contributed by atoms with Crippen LogP contribution in [0.15, 0.2) is 60.7 Å². The lowest BCUT2D eigenvalue weighted by molar-refractivity contribution is -0.133. The van der Waals surface area contributed by atoms with Crippen molar-refractivity contribution in [2.75, 3.05) is 26.7 Å². The second-order valence-electron chi connectivity index (χ2n) is 9.26. The van der Waals surface area contributed by atoms with Gasteiger partial charge in [-0.1, -0.05) is 30.3 Å². The van der Waals surface area contributed by atoms with E-state index in [4.69, 9.17) is 0 Å². The maximum absolute atomic E-state index is 13.7. The summed E-state index contributed by atoms with van der Waals surface area (Å²) in [6, 6.07) is 16.3. The smallest absolute Gasteiger partial charge is 0.251 e. The minimum atomic E-state index is -0.662. The van der Waals surface area contributed by atoms with Gasteiger partial charge < -0.3 is 20.9 Å². The number of benzene rings is 3. The molecule has 3 aromatic carbocycles. The predicted molar refractivity (Wildman–Crippen MR) is 137 cm³/mol. The Morgan fingerprint density at radius 1 is 1.06 bits per heavy atom. The summed E-state index contributed by atoms with van der Waals surface area (Å²) in [5, 5.41) is 11.6. The molecule has 1 fully saturated rings. The van der Waals surface area contributed by atoms with E-state index < -0.39 is 17.7 Å². The van der Waals surface area contributed by atoms with Gasteiger partial charge in [-0.25, -0.2) is 8.78 Å². The first-order valence-electron chi connectivity index (χ1n) is 12.3. The molecule has 0 spiro atoms. The Balaban J connectivity index is 1.43. The molecule has 4 rings (SSSR count). The SMILES string of the molecule is CNCCCC1NC(CNC(=O)c2ccc3ccccc3c2)CCN(Cc2cc(F)cc(F)c2)C1=O. The van der Waals surface area contributed by atoms with E-state index in [0.717, 1.165) is 29.8 Å². The van der Waals surface area contributed by atoms with E-state index in [0.29, 0.717) is 37.1 Å². The van der Waals surface area contributed by atoms with Crippen LogP contribution in [-0.4, -0.2) is 55.5 Å². The van der Waals surface area contributed by atoms with Crippen molar-refractivity contribution < 1.29 is 18.4 Å². The van der Waals surface area contributed by atoms with Crippen molar-refractivity contribution in [3.63, 3.8) is 0 Å². The summed E-state index contributed by atoms with van der Waals surface area (Å²) in [6.45, 7) is 1.69. The molecule has 3 aromatic rings. The molecule has 0 saturated carbocycles. The summed E-state index contributed by atoms with van der Waals surface area (Å²) in [4.78, 5) is 27.8. The first-order chi connectivity index (χ1) is 17.4. The molecule has 1 aliphatic heterocycles. The van der Waals surface area contributed by atoms with Crippen LogP contribution in [-0.2, 0) is 11.3 Å². The summed E-state index contributed by atoms with van der Waals surface area (Å²) >= 11 is 0. The van der Waals surface area contributed by atoms with Crippen molar-refractivity contribution in [1.82, 2.24) is 20.9 Å². The fourth-order valence-electron chi connectivity index (χ4n) is 4.66. The number of carbonyl (C=O) groups is 2. The highest BCUT2D eigenvalue weighted by Crippen LogP contribution is 2.18. The first-order valence-corrected chi connectivity index (χ1v) is 12.3. The average molecular weight is 495 g/mol. The highest BCUT2D eigenvalue weighted by molar-refractivity contribution is 5.98. The van der Waals surface area contributed by atoms with E-state index in [9.17, 15) is 18.4 Å². The maximum atomic E-state index is 13.7. The van der Waals surface area contributed by atoms with Crippen LogP contribution in [0, 0.1) is 11.6 Å². The number of hydrogen-bond acceptors (Lipinski definition) is 4. The second kappa shape index (κ2) is 12.1. The molecule has 190 valence electrons. The molecule has 2 amide bonds. The van der Waals surface area contributed by atoms with E-state index in [1.54, 1.807) is 4.90 Å². The van der Waals surface area contributed by atoms with E-state index in [-0.39, 0.29) is 24.4 Å². The molecule has 2 atom stereocenters. The fourth-order valence-corrected chi connectivity index (χ4v) is 4.66. The van der Waals surface area contributed by atoms with Crippen molar-refractivity contribution in [3.8, 4) is 0 Å². The second-order valence-corrected chi connectivity index (χ2v) is 9.26. The number of nitrogens with zero attached hydrogens (tertiary/aromatic N) is 1. The van der Waals surface area contributed by atoms with Crippen LogP contribution >= 0.6 is 0 Å². The average Bonchev–Trinajstić information content (AvgIpc) is 3.00. The third kappa shape index (κ3) is 6.65. The number of rotatable bonds is 9. The van der Waals surface area contributed by atoms with E-state index in [1.807, 2.05) is 49.5 Å². The van der Waals surface area contributed by atoms with Crippen molar-refractivity contribution in [1.29, 1.82) is 0 Å². The van der Waals surface area contributed by atoms with Gasteiger partial charge in [-0.05, 0) is 73.5 Å². The van der Waals surface area contributed by atoms with Crippen LogP contribution in [0.3, 0.4) is 0 Å². The zero-order valence-corrected chi connectivity index (χ0v) is 20.4. The lowest BCUT2D eigenvalue weighted by atomic mass is 10.1. The Kier molecular flexibility index (Phi) is 8.61. The van der Waals surface area contributed by atoms with Crippen molar-refractivity contribution >= 4 is 22.6 Å². The Labute approximate surface area is 210 Å². The summed E-state index contributed by atoms with van der Waals surface area (Å²) < 4.78 is 27.4. The quantitative estimate of drug-likeness (QED) is 0.398. The minimum absolute atomic E-state index is 0.0980. The van der Waals surface area contributed by atoms with Gasteiger partial charge in [0.1, 0.15) is 11.6 Å². The van der Waals surface area contributed by atoms with E-state index in [2.05, 4.69) is 16.0 Å². The summed E-state index contributed by atoms with van der Waals surface area (Å²) in [5.41, 5.74) is 0.997. The molecule has 0 aliphatic carbocycles. The highest BCUT2D eigenvalue weighted by atomic mass is 19.1. The van der Waals surface area contributed by atoms with Crippen LogP contribution in [0.2, 0.25) is 0 Å². The summed E-state index contributed by atoms with van der Waals surface area (Å²) in [6.07, 6.45) is 2.01. The van der Waals surface area contributed by atoms with Crippen LogP contribution < -0.4 is 16.0 Å².